The van der Waals surface area contributed by atoms with E-state index in [4.69, 9.17) is 5.73 Å². The molecule has 0 saturated heterocycles. The number of nitrogens with one attached hydrogen (secondary N) is 2. The number of rotatable bonds is 11. The van der Waals surface area contributed by atoms with Crippen LogP contribution in [0.15, 0.2) is 24.3 Å². The summed E-state index contributed by atoms with van der Waals surface area (Å²) in [7, 11) is 0. The Labute approximate surface area is 130 Å². The van der Waals surface area contributed by atoms with Crippen molar-refractivity contribution in [1.82, 2.24) is 10.6 Å². The minimum absolute atomic E-state index is 0.0747. The predicted molar refractivity (Wildman–Crippen MR) is 85.8 cm³/mol. The highest BCUT2D eigenvalue weighted by atomic mass is 16.6. The van der Waals surface area contributed by atoms with Gasteiger partial charge in [-0.25, -0.2) is 0 Å². The standard InChI is InChI=1S/C15H24N4O3/c16-8-1-2-9-17-10-3-4-11-18-15(20)13-6-5-7-14(12-13)19(21)22/h5-7,12,17H,1-4,8-11,16H2,(H,18,20). The van der Waals surface area contributed by atoms with Gasteiger partial charge in [0, 0.05) is 24.2 Å². The summed E-state index contributed by atoms with van der Waals surface area (Å²) in [5.41, 5.74) is 5.65. The van der Waals surface area contributed by atoms with Crippen LogP contribution in [0.5, 0.6) is 0 Å². The van der Waals surface area contributed by atoms with E-state index in [-0.39, 0.29) is 11.6 Å². The summed E-state index contributed by atoms with van der Waals surface area (Å²) in [4.78, 5) is 22.0. The predicted octanol–water partition coefficient (Wildman–Crippen LogP) is 1.43. The normalized spacial score (nSPS) is 10.4. The number of unbranched alkanes of at least 4 members (excludes halogenated alkanes) is 2. The van der Waals surface area contributed by atoms with Gasteiger partial charge in [0.15, 0.2) is 0 Å². The third-order valence-electron chi connectivity index (χ3n) is 3.19. The topological polar surface area (TPSA) is 110 Å². The Kier molecular flexibility index (Phi) is 8.78. The zero-order chi connectivity index (χ0) is 16.2. The van der Waals surface area contributed by atoms with E-state index in [1.54, 1.807) is 6.07 Å². The number of carbonyl (C=O) groups is 1. The zero-order valence-corrected chi connectivity index (χ0v) is 12.7. The quantitative estimate of drug-likeness (QED) is 0.325. The summed E-state index contributed by atoms with van der Waals surface area (Å²) < 4.78 is 0. The van der Waals surface area contributed by atoms with Crippen LogP contribution in [-0.2, 0) is 0 Å². The minimum Gasteiger partial charge on any atom is -0.352 e. The van der Waals surface area contributed by atoms with Crippen LogP contribution < -0.4 is 16.4 Å². The maximum Gasteiger partial charge on any atom is 0.270 e. The Morgan fingerprint density at radius 3 is 2.50 bits per heavy atom. The molecule has 1 aromatic rings. The lowest BCUT2D eigenvalue weighted by atomic mass is 10.2. The first kappa shape index (κ1) is 18.1. The molecule has 0 atom stereocenters. The van der Waals surface area contributed by atoms with E-state index in [1.807, 2.05) is 0 Å². The molecule has 22 heavy (non-hydrogen) atoms. The molecule has 1 amide bonds. The van der Waals surface area contributed by atoms with Crippen molar-refractivity contribution in [3.63, 3.8) is 0 Å². The van der Waals surface area contributed by atoms with Gasteiger partial charge in [0.2, 0.25) is 0 Å². The van der Waals surface area contributed by atoms with Crippen LogP contribution >= 0.6 is 0 Å². The maximum absolute atomic E-state index is 11.9. The molecule has 0 saturated carbocycles. The van der Waals surface area contributed by atoms with Crippen LogP contribution in [0.4, 0.5) is 5.69 Å². The number of nitrogens with zero attached hydrogens (tertiary/aromatic N) is 1. The van der Waals surface area contributed by atoms with Crippen molar-refractivity contribution in [2.24, 2.45) is 5.73 Å². The van der Waals surface area contributed by atoms with E-state index in [2.05, 4.69) is 10.6 Å². The molecule has 1 rings (SSSR count). The molecule has 0 aliphatic heterocycles. The van der Waals surface area contributed by atoms with Gasteiger partial charge in [-0.3, -0.25) is 14.9 Å². The molecule has 0 aromatic heterocycles. The van der Waals surface area contributed by atoms with Gasteiger partial charge in [0.05, 0.1) is 4.92 Å². The molecule has 0 aliphatic carbocycles. The van der Waals surface area contributed by atoms with Gasteiger partial charge in [-0.2, -0.15) is 0 Å². The molecule has 0 radical (unpaired) electrons. The molecule has 1 aromatic carbocycles. The fourth-order valence-electron chi connectivity index (χ4n) is 1.96. The van der Waals surface area contributed by atoms with Crippen molar-refractivity contribution < 1.29 is 9.72 Å². The Hall–Kier alpha value is -1.99. The van der Waals surface area contributed by atoms with Gasteiger partial charge in [-0.05, 0) is 51.4 Å². The molecule has 0 fully saturated rings. The number of carbonyl (C=O) groups excluding carboxylic acids is 1. The van der Waals surface area contributed by atoms with Crippen LogP contribution in [0.2, 0.25) is 0 Å². The van der Waals surface area contributed by atoms with E-state index in [0.29, 0.717) is 12.1 Å². The highest BCUT2D eigenvalue weighted by molar-refractivity contribution is 5.94. The number of hydrogen-bond donors (Lipinski definition) is 3. The SMILES string of the molecule is NCCCCNCCCCNC(=O)c1cccc([N+](=O)[O-])c1. The molecule has 7 heteroatoms. The average molecular weight is 308 g/mol. The van der Waals surface area contributed by atoms with Crippen molar-refractivity contribution in [2.45, 2.75) is 25.7 Å². The lowest BCUT2D eigenvalue weighted by molar-refractivity contribution is -0.384. The number of amides is 1. The zero-order valence-electron chi connectivity index (χ0n) is 12.7. The summed E-state index contributed by atoms with van der Waals surface area (Å²) in [6, 6.07) is 5.74. The van der Waals surface area contributed by atoms with Crippen molar-refractivity contribution in [3.05, 3.63) is 39.9 Å². The van der Waals surface area contributed by atoms with Gasteiger partial charge in [0.25, 0.3) is 11.6 Å². The molecule has 0 unspecified atom stereocenters. The van der Waals surface area contributed by atoms with Crippen molar-refractivity contribution >= 4 is 11.6 Å². The molecule has 122 valence electrons. The lowest BCUT2D eigenvalue weighted by Gasteiger charge is -2.06. The first-order chi connectivity index (χ1) is 10.6. The molecule has 0 spiro atoms. The molecule has 7 nitrogen and oxygen atoms in total. The van der Waals surface area contributed by atoms with Crippen molar-refractivity contribution in [2.75, 3.05) is 26.2 Å². The van der Waals surface area contributed by atoms with Crippen molar-refractivity contribution in [1.29, 1.82) is 0 Å². The summed E-state index contributed by atoms with van der Waals surface area (Å²) in [5.74, 6) is -0.278. The van der Waals surface area contributed by atoms with Crippen LogP contribution in [0.1, 0.15) is 36.0 Å². The fourth-order valence-corrected chi connectivity index (χ4v) is 1.96. The van der Waals surface area contributed by atoms with Crippen LogP contribution in [-0.4, -0.2) is 37.0 Å². The summed E-state index contributed by atoms with van der Waals surface area (Å²) >= 11 is 0. The molecular formula is C15H24N4O3. The Morgan fingerprint density at radius 1 is 1.14 bits per heavy atom. The summed E-state index contributed by atoms with van der Waals surface area (Å²) in [5, 5.41) is 16.7. The number of hydrogen-bond acceptors (Lipinski definition) is 5. The van der Waals surface area contributed by atoms with E-state index < -0.39 is 4.92 Å². The number of nitrogens with two attached hydrogens (primary N) is 1. The fraction of sp³-hybridized carbons (Fsp3) is 0.533. The second kappa shape index (κ2) is 10.7. The second-order valence-electron chi connectivity index (χ2n) is 5.02. The first-order valence-corrected chi connectivity index (χ1v) is 7.58. The Morgan fingerprint density at radius 2 is 1.82 bits per heavy atom. The number of benzene rings is 1. The van der Waals surface area contributed by atoms with Gasteiger partial charge in [-0.15, -0.1) is 0 Å². The van der Waals surface area contributed by atoms with Gasteiger partial charge < -0.3 is 16.4 Å². The van der Waals surface area contributed by atoms with E-state index >= 15 is 0 Å². The highest BCUT2D eigenvalue weighted by Gasteiger charge is 2.10. The average Bonchev–Trinajstić information content (AvgIpc) is 2.53. The van der Waals surface area contributed by atoms with Gasteiger partial charge in [0.1, 0.15) is 0 Å². The summed E-state index contributed by atoms with van der Waals surface area (Å²) in [6.45, 7) is 3.17. The van der Waals surface area contributed by atoms with Crippen LogP contribution in [0.25, 0.3) is 0 Å². The lowest BCUT2D eigenvalue weighted by Crippen LogP contribution is -2.25. The van der Waals surface area contributed by atoms with E-state index in [0.717, 1.165) is 45.3 Å². The molecular weight excluding hydrogens is 284 g/mol. The number of non-ortho nitro benzene ring substituents is 1. The molecule has 4 N–H and O–H groups in total. The third-order valence-corrected chi connectivity index (χ3v) is 3.19. The minimum atomic E-state index is -0.507. The number of nitro groups is 1. The maximum atomic E-state index is 11.9. The summed E-state index contributed by atoms with van der Waals surface area (Å²) in [6.07, 6.45) is 3.95. The van der Waals surface area contributed by atoms with Gasteiger partial charge >= 0.3 is 0 Å². The monoisotopic (exact) mass is 308 g/mol. The molecule has 0 heterocycles. The molecule has 0 bridgehead atoms. The van der Waals surface area contributed by atoms with Crippen LogP contribution in [0, 0.1) is 10.1 Å². The third kappa shape index (κ3) is 7.14. The first-order valence-electron chi connectivity index (χ1n) is 7.58. The largest absolute Gasteiger partial charge is 0.352 e. The molecule has 0 aliphatic rings. The van der Waals surface area contributed by atoms with Gasteiger partial charge in [-0.1, -0.05) is 6.07 Å². The second-order valence-corrected chi connectivity index (χ2v) is 5.02. The smallest absolute Gasteiger partial charge is 0.270 e. The Balaban J connectivity index is 2.16. The van der Waals surface area contributed by atoms with E-state index in [9.17, 15) is 14.9 Å². The van der Waals surface area contributed by atoms with Crippen molar-refractivity contribution in [3.8, 4) is 0 Å². The highest BCUT2D eigenvalue weighted by Crippen LogP contribution is 2.12. The van der Waals surface area contributed by atoms with Crippen LogP contribution in [0.3, 0.4) is 0 Å². The Bertz CT molecular complexity index is 480. The number of nitro benzene ring substituents is 1. The van der Waals surface area contributed by atoms with E-state index in [1.165, 1.54) is 18.2 Å².